The lowest BCUT2D eigenvalue weighted by Crippen LogP contribution is -2.29. The van der Waals surface area contributed by atoms with Crippen molar-refractivity contribution in [3.63, 3.8) is 0 Å². The molecule has 282 valence electrons. The molecule has 6 aliphatic rings. The molecule has 11 heteroatoms. The molecule has 0 radical (unpaired) electrons. The zero-order valence-corrected chi connectivity index (χ0v) is 33.8. The third kappa shape index (κ3) is 4.64. The molecule has 59 heavy (non-hydrogen) atoms. The molecule has 0 saturated heterocycles. The van der Waals surface area contributed by atoms with Crippen LogP contribution in [0, 0.1) is 45.3 Å². The summed E-state index contributed by atoms with van der Waals surface area (Å²) in [6.07, 6.45) is 16.1. The summed E-state index contributed by atoms with van der Waals surface area (Å²) in [5.41, 5.74) is 5.52. The highest BCUT2D eigenvalue weighted by atomic mass is 32.1. The first-order chi connectivity index (χ1) is 28.7. The van der Waals surface area contributed by atoms with E-state index >= 15 is 0 Å². The summed E-state index contributed by atoms with van der Waals surface area (Å²) in [6.45, 7) is 0. The van der Waals surface area contributed by atoms with Crippen molar-refractivity contribution in [3.05, 3.63) is 124 Å². The third-order valence-corrected chi connectivity index (χ3v) is 17.3. The van der Waals surface area contributed by atoms with Gasteiger partial charge in [0.2, 0.25) is 0 Å². The number of nitriles is 4. The van der Waals surface area contributed by atoms with Gasteiger partial charge in [0.25, 0.3) is 0 Å². The zero-order chi connectivity index (χ0) is 40.5. The standard InChI is InChI=1S/C48H28N4O4S3/c49-19-23-11-29-30(12-24(23)20-50)40(54)33(39(29)53)15-27-16-36-37(47(27)7-3-1-4-8-47)44-46(58-36)38-45(59-44)43-35(48(38)9-5-2-6-10-48)18-28(57-43)17-34-41(55)31-13-25(21-51)26(22-52)14-32(31)42(34)56/h11-18H,1-10H2. The fourth-order valence-corrected chi connectivity index (χ4v) is 15.5. The van der Waals surface area contributed by atoms with E-state index in [1.807, 2.05) is 47.0 Å². The van der Waals surface area contributed by atoms with E-state index in [2.05, 4.69) is 12.1 Å². The van der Waals surface area contributed by atoms with Gasteiger partial charge in [-0.2, -0.15) is 21.0 Å². The van der Waals surface area contributed by atoms with E-state index in [1.54, 1.807) is 23.5 Å². The van der Waals surface area contributed by atoms with E-state index in [9.17, 15) is 40.2 Å². The second-order valence-corrected chi connectivity index (χ2v) is 19.5. The molecular weight excluding hydrogens is 793 g/mol. The van der Waals surface area contributed by atoms with Gasteiger partial charge in [0, 0.05) is 53.3 Å². The predicted molar refractivity (Wildman–Crippen MR) is 225 cm³/mol. The fourth-order valence-electron chi connectivity index (χ4n) is 10.9. The number of nitrogens with zero attached hydrogens (tertiary/aromatic N) is 4. The van der Waals surface area contributed by atoms with Crippen molar-refractivity contribution in [2.45, 2.75) is 75.0 Å². The smallest absolute Gasteiger partial charge is 0.197 e. The molecule has 8 nitrogen and oxygen atoms in total. The predicted octanol–water partition coefficient (Wildman–Crippen LogP) is 10.8. The lowest BCUT2D eigenvalue weighted by atomic mass is 9.66. The zero-order valence-electron chi connectivity index (χ0n) is 31.3. The van der Waals surface area contributed by atoms with Crippen LogP contribution in [0.3, 0.4) is 0 Å². The number of hydrogen-bond donors (Lipinski definition) is 0. The van der Waals surface area contributed by atoms with Crippen LogP contribution < -0.4 is 0 Å². The van der Waals surface area contributed by atoms with Gasteiger partial charge in [-0.3, -0.25) is 19.2 Å². The number of rotatable bonds is 2. The molecule has 3 aromatic heterocycles. The Hall–Kier alpha value is -6.34. The highest BCUT2D eigenvalue weighted by molar-refractivity contribution is 7.32. The van der Waals surface area contributed by atoms with Gasteiger partial charge < -0.3 is 0 Å². The summed E-state index contributed by atoms with van der Waals surface area (Å²) < 4.78 is 2.59. The monoisotopic (exact) mass is 820 g/mol. The fraction of sp³-hybridized carbons (Fsp3) is 0.250. The summed E-state index contributed by atoms with van der Waals surface area (Å²) in [7, 11) is 0. The van der Waals surface area contributed by atoms with Crippen LogP contribution in [0.1, 0.15) is 154 Å². The Morgan fingerprint density at radius 1 is 0.508 bits per heavy atom. The topological polar surface area (TPSA) is 163 Å². The molecule has 0 bridgehead atoms. The van der Waals surface area contributed by atoms with Crippen molar-refractivity contribution in [1.29, 1.82) is 21.0 Å². The Balaban J connectivity index is 1.03. The maximum Gasteiger partial charge on any atom is 0.197 e. The Labute approximate surface area is 350 Å². The normalized spacial score (nSPS) is 18.9. The highest BCUT2D eigenvalue weighted by Gasteiger charge is 2.51. The van der Waals surface area contributed by atoms with Crippen molar-refractivity contribution in [2.75, 3.05) is 0 Å². The van der Waals surface area contributed by atoms with Gasteiger partial charge in [-0.25, -0.2) is 0 Å². The first-order valence-corrected chi connectivity index (χ1v) is 22.2. The van der Waals surface area contributed by atoms with Crippen LogP contribution in [0.25, 0.3) is 31.3 Å². The summed E-state index contributed by atoms with van der Waals surface area (Å²) in [5, 5.41) is 38.3. The number of Topliss-reactive ketones (excluding diaryl/α,β-unsaturated/α-hetero) is 4. The third-order valence-electron chi connectivity index (χ3n) is 13.6. The number of allylic oxidation sites excluding steroid dienone is 4. The first kappa shape index (κ1) is 35.8. The van der Waals surface area contributed by atoms with Crippen LogP contribution in [0.4, 0.5) is 0 Å². The quantitative estimate of drug-likeness (QED) is 0.125. The maximum atomic E-state index is 13.8. The number of ketones is 4. The molecule has 5 aromatic rings. The number of thiophene rings is 3. The molecule has 6 aliphatic carbocycles. The maximum absolute atomic E-state index is 13.8. The molecule has 11 rings (SSSR count). The minimum Gasteiger partial charge on any atom is -0.288 e. The van der Waals surface area contributed by atoms with E-state index in [0.29, 0.717) is 0 Å². The summed E-state index contributed by atoms with van der Waals surface area (Å²) in [5.74, 6) is -1.68. The van der Waals surface area contributed by atoms with E-state index in [0.717, 1.165) is 68.2 Å². The molecule has 2 aromatic carbocycles. The van der Waals surface area contributed by atoms with Gasteiger partial charge in [0.05, 0.1) is 47.7 Å². The van der Waals surface area contributed by atoms with Gasteiger partial charge >= 0.3 is 0 Å². The van der Waals surface area contributed by atoms with Crippen LogP contribution in [0.5, 0.6) is 0 Å². The van der Waals surface area contributed by atoms with Gasteiger partial charge in [0.1, 0.15) is 24.3 Å². The molecule has 0 unspecified atom stereocenters. The minimum atomic E-state index is -0.431. The van der Waals surface area contributed by atoms with Crippen LogP contribution in [-0.4, -0.2) is 23.1 Å². The number of benzene rings is 2. The van der Waals surface area contributed by atoms with Crippen molar-refractivity contribution in [2.24, 2.45) is 0 Å². The summed E-state index contributed by atoms with van der Waals surface area (Å²) in [6, 6.07) is 15.6. The van der Waals surface area contributed by atoms with Crippen molar-refractivity contribution < 1.29 is 19.2 Å². The van der Waals surface area contributed by atoms with Gasteiger partial charge in [-0.05, 0) is 90.9 Å². The molecule has 0 aliphatic heterocycles. The highest BCUT2D eigenvalue weighted by Crippen LogP contribution is 2.67. The second-order valence-electron chi connectivity index (χ2n) is 16.3. The van der Waals surface area contributed by atoms with Crippen LogP contribution in [-0.2, 0) is 10.8 Å². The Kier molecular flexibility index (Phi) is 7.63. The Morgan fingerprint density at radius 2 is 0.966 bits per heavy atom. The largest absolute Gasteiger partial charge is 0.288 e. The molecular formula is C48H28N4O4S3. The molecule has 2 fully saturated rings. The SMILES string of the molecule is N#Cc1cc2c(cc1C#N)C(=O)C(=CC1=Cc3sc4c5c(sc4c3C13CCCCC3)-c1sc(C=C3C(=O)c4cc(C#N)c(C#N)cc4C3=O)cc1C51CCCCC1)C2=O. The Morgan fingerprint density at radius 3 is 1.46 bits per heavy atom. The van der Waals surface area contributed by atoms with Crippen molar-refractivity contribution in [1.82, 2.24) is 0 Å². The van der Waals surface area contributed by atoms with E-state index < -0.39 is 23.1 Å². The molecule has 0 amide bonds. The van der Waals surface area contributed by atoms with Crippen molar-refractivity contribution in [3.8, 4) is 34.0 Å². The number of carbonyl (C=O) groups excluding carboxylic acids is 4. The van der Waals surface area contributed by atoms with Gasteiger partial charge in [0.15, 0.2) is 23.1 Å². The number of carbonyl (C=O) groups is 4. The van der Waals surface area contributed by atoms with Gasteiger partial charge in [-0.15, -0.1) is 34.0 Å². The number of fused-ring (bicyclic) bond motifs is 12. The first-order valence-electron chi connectivity index (χ1n) is 19.7. The average Bonchev–Trinajstić information content (AvgIpc) is 4.10. The molecule has 0 N–H and O–H groups in total. The molecule has 2 spiro atoms. The summed E-state index contributed by atoms with van der Waals surface area (Å²) >= 11 is 5.26. The lowest BCUT2D eigenvalue weighted by molar-refractivity contribution is 0.0974. The van der Waals surface area contributed by atoms with E-state index in [-0.39, 0.29) is 66.5 Å². The molecule has 0 atom stereocenters. The van der Waals surface area contributed by atoms with Crippen LogP contribution in [0.2, 0.25) is 0 Å². The summed E-state index contributed by atoms with van der Waals surface area (Å²) in [4.78, 5) is 59.4. The molecule has 2 saturated carbocycles. The van der Waals surface area contributed by atoms with Crippen LogP contribution >= 0.6 is 34.0 Å². The van der Waals surface area contributed by atoms with Gasteiger partial charge in [-0.1, -0.05) is 38.5 Å². The number of hydrogen-bond acceptors (Lipinski definition) is 11. The minimum absolute atomic E-state index is 0.0482. The van der Waals surface area contributed by atoms with Crippen molar-refractivity contribution >= 4 is 78.7 Å². The average molecular weight is 821 g/mol. The molecule has 3 heterocycles. The Bertz CT molecular complexity index is 3080. The van der Waals surface area contributed by atoms with E-state index in [1.165, 1.54) is 71.4 Å². The second kappa shape index (κ2) is 12.6. The lowest BCUT2D eigenvalue weighted by Gasteiger charge is -2.36. The van der Waals surface area contributed by atoms with Crippen LogP contribution in [0.15, 0.2) is 53.1 Å². The van der Waals surface area contributed by atoms with E-state index in [4.69, 9.17) is 0 Å².